The molecule has 0 aliphatic rings. The fourth-order valence-electron chi connectivity index (χ4n) is 1.43. The van der Waals surface area contributed by atoms with Crippen molar-refractivity contribution in [3.63, 3.8) is 0 Å². The highest BCUT2D eigenvalue weighted by atomic mass is 79.9. The van der Waals surface area contributed by atoms with Gasteiger partial charge in [-0.15, -0.1) is 0 Å². The van der Waals surface area contributed by atoms with Crippen LogP contribution in [-0.2, 0) is 0 Å². The molecule has 1 amide bonds. The summed E-state index contributed by atoms with van der Waals surface area (Å²) in [4.78, 5) is 11.9. The summed E-state index contributed by atoms with van der Waals surface area (Å²) in [5.41, 5.74) is 7.58. The molecular formula is C12H10BrClN2O2. The largest absolute Gasteiger partial charge is 0.444 e. The number of nitrogens with two attached hydrogens (primary N) is 1. The molecule has 1 aromatic heterocycles. The van der Waals surface area contributed by atoms with Crippen LogP contribution in [0.15, 0.2) is 33.4 Å². The summed E-state index contributed by atoms with van der Waals surface area (Å²) >= 11 is 9.11. The van der Waals surface area contributed by atoms with Crippen LogP contribution in [0.2, 0.25) is 5.02 Å². The quantitative estimate of drug-likeness (QED) is 0.823. The number of rotatable bonds is 2. The van der Waals surface area contributed by atoms with E-state index in [4.69, 9.17) is 21.8 Å². The molecule has 6 heteroatoms. The first-order valence-electron chi connectivity index (χ1n) is 5.09. The van der Waals surface area contributed by atoms with Gasteiger partial charge in [0.25, 0.3) is 5.91 Å². The Morgan fingerprint density at radius 1 is 1.44 bits per heavy atom. The van der Waals surface area contributed by atoms with Crippen LogP contribution < -0.4 is 11.1 Å². The Balaban J connectivity index is 2.24. The summed E-state index contributed by atoms with van der Waals surface area (Å²) in [5.74, 6) is -0.190. The number of hydrogen-bond acceptors (Lipinski definition) is 3. The average Bonchev–Trinajstić information content (AvgIpc) is 2.73. The SMILES string of the molecule is Cc1cc(N)c(NC(=O)c2ccc(Br)o2)cc1Cl. The fraction of sp³-hybridized carbons (Fsp3) is 0.0833. The molecule has 2 rings (SSSR count). The number of amides is 1. The topological polar surface area (TPSA) is 68.3 Å². The van der Waals surface area contributed by atoms with E-state index in [0.717, 1.165) is 5.56 Å². The molecule has 0 radical (unpaired) electrons. The first kappa shape index (κ1) is 13.0. The standard InChI is InChI=1S/C12H10BrClN2O2/c1-6-4-8(15)9(5-7(6)14)16-12(17)10-2-3-11(13)18-10/h2-5H,15H2,1H3,(H,16,17). The van der Waals surface area contributed by atoms with Crippen molar-refractivity contribution in [2.45, 2.75) is 6.92 Å². The van der Waals surface area contributed by atoms with Crippen LogP contribution in [0.25, 0.3) is 0 Å². The molecule has 0 atom stereocenters. The van der Waals surface area contributed by atoms with Gasteiger partial charge in [-0.25, -0.2) is 0 Å². The second-order valence-corrected chi connectivity index (χ2v) is 4.94. The second-order valence-electron chi connectivity index (χ2n) is 3.75. The first-order valence-corrected chi connectivity index (χ1v) is 6.27. The molecule has 1 heterocycles. The highest BCUT2D eigenvalue weighted by molar-refractivity contribution is 9.10. The van der Waals surface area contributed by atoms with E-state index < -0.39 is 0 Å². The number of aryl methyl sites for hydroxylation is 1. The Bertz CT molecular complexity index is 610. The molecular weight excluding hydrogens is 320 g/mol. The molecule has 1 aromatic carbocycles. The highest BCUT2D eigenvalue weighted by Crippen LogP contribution is 2.27. The predicted molar refractivity (Wildman–Crippen MR) is 75.0 cm³/mol. The van der Waals surface area contributed by atoms with Gasteiger partial charge >= 0.3 is 0 Å². The molecule has 2 aromatic rings. The molecule has 0 aliphatic carbocycles. The number of nitrogens with one attached hydrogen (secondary N) is 1. The van der Waals surface area contributed by atoms with E-state index in [2.05, 4.69) is 21.2 Å². The maximum Gasteiger partial charge on any atom is 0.291 e. The van der Waals surface area contributed by atoms with E-state index in [9.17, 15) is 4.79 Å². The number of hydrogen-bond donors (Lipinski definition) is 2. The van der Waals surface area contributed by atoms with Gasteiger partial charge in [-0.2, -0.15) is 0 Å². The van der Waals surface area contributed by atoms with Crippen molar-refractivity contribution < 1.29 is 9.21 Å². The monoisotopic (exact) mass is 328 g/mol. The summed E-state index contributed by atoms with van der Waals surface area (Å²) in [5, 5.41) is 3.19. The Morgan fingerprint density at radius 3 is 2.78 bits per heavy atom. The maximum absolute atomic E-state index is 11.9. The lowest BCUT2D eigenvalue weighted by Crippen LogP contribution is -2.12. The number of anilines is 2. The van der Waals surface area contributed by atoms with Crippen molar-refractivity contribution in [1.29, 1.82) is 0 Å². The number of carbonyl (C=O) groups excluding carboxylic acids is 1. The van der Waals surface area contributed by atoms with Crippen molar-refractivity contribution >= 4 is 44.8 Å². The number of carbonyl (C=O) groups is 1. The lowest BCUT2D eigenvalue weighted by Gasteiger charge is -2.09. The van der Waals surface area contributed by atoms with E-state index in [-0.39, 0.29) is 11.7 Å². The van der Waals surface area contributed by atoms with Gasteiger partial charge in [0, 0.05) is 5.02 Å². The van der Waals surface area contributed by atoms with Gasteiger partial charge < -0.3 is 15.5 Å². The minimum absolute atomic E-state index is 0.193. The summed E-state index contributed by atoms with van der Waals surface area (Å²) in [7, 11) is 0. The summed E-state index contributed by atoms with van der Waals surface area (Å²) in [6.07, 6.45) is 0. The molecule has 4 nitrogen and oxygen atoms in total. The lowest BCUT2D eigenvalue weighted by molar-refractivity contribution is 0.0995. The third-order valence-corrected chi connectivity index (χ3v) is 3.21. The fourth-order valence-corrected chi connectivity index (χ4v) is 1.90. The smallest absolute Gasteiger partial charge is 0.291 e. The van der Waals surface area contributed by atoms with E-state index in [1.165, 1.54) is 0 Å². The summed E-state index contributed by atoms with van der Waals surface area (Å²) < 4.78 is 5.63. The van der Waals surface area contributed by atoms with Gasteiger partial charge in [0.2, 0.25) is 0 Å². The number of benzene rings is 1. The Morgan fingerprint density at radius 2 is 2.17 bits per heavy atom. The van der Waals surface area contributed by atoms with Gasteiger partial charge in [0.1, 0.15) is 0 Å². The average molecular weight is 330 g/mol. The van der Waals surface area contributed by atoms with Crippen LogP contribution in [-0.4, -0.2) is 5.91 Å². The molecule has 0 saturated carbocycles. The van der Waals surface area contributed by atoms with E-state index in [1.54, 1.807) is 24.3 Å². The van der Waals surface area contributed by atoms with Crippen molar-refractivity contribution in [1.82, 2.24) is 0 Å². The Hall–Kier alpha value is -1.46. The van der Waals surface area contributed by atoms with Gasteiger partial charge in [0.05, 0.1) is 11.4 Å². The van der Waals surface area contributed by atoms with Crippen LogP contribution in [0.3, 0.4) is 0 Å². The maximum atomic E-state index is 11.9. The van der Waals surface area contributed by atoms with Gasteiger partial charge in [-0.05, 0) is 52.7 Å². The molecule has 0 fully saturated rings. The minimum atomic E-state index is -0.382. The Labute approximate surface area is 117 Å². The number of halogens is 2. The van der Waals surface area contributed by atoms with E-state index >= 15 is 0 Å². The van der Waals surface area contributed by atoms with Gasteiger partial charge in [-0.1, -0.05) is 11.6 Å². The summed E-state index contributed by atoms with van der Waals surface area (Å²) in [6.45, 7) is 1.84. The van der Waals surface area contributed by atoms with Crippen LogP contribution in [0.4, 0.5) is 11.4 Å². The van der Waals surface area contributed by atoms with Crippen molar-refractivity contribution in [2.75, 3.05) is 11.1 Å². The predicted octanol–water partition coefficient (Wildman–Crippen LogP) is 3.84. The molecule has 0 unspecified atom stereocenters. The first-order chi connectivity index (χ1) is 8.47. The molecule has 18 heavy (non-hydrogen) atoms. The van der Waals surface area contributed by atoms with Gasteiger partial charge in [-0.3, -0.25) is 4.79 Å². The zero-order chi connectivity index (χ0) is 13.3. The minimum Gasteiger partial charge on any atom is -0.444 e. The molecule has 0 saturated heterocycles. The van der Waals surface area contributed by atoms with Crippen LogP contribution >= 0.6 is 27.5 Å². The molecule has 94 valence electrons. The van der Waals surface area contributed by atoms with E-state index in [0.29, 0.717) is 21.1 Å². The van der Waals surface area contributed by atoms with Crippen LogP contribution in [0, 0.1) is 6.92 Å². The van der Waals surface area contributed by atoms with Crippen LogP contribution in [0.1, 0.15) is 16.1 Å². The normalized spacial score (nSPS) is 10.4. The third-order valence-electron chi connectivity index (χ3n) is 2.38. The van der Waals surface area contributed by atoms with Crippen LogP contribution in [0.5, 0.6) is 0 Å². The number of furan rings is 1. The second kappa shape index (κ2) is 5.04. The zero-order valence-electron chi connectivity index (χ0n) is 9.46. The van der Waals surface area contributed by atoms with Crippen molar-refractivity contribution in [3.8, 4) is 0 Å². The molecule has 0 aliphatic heterocycles. The molecule has 0 spiro atoms. The lowest BCUT2D eigenvalue weighted by atomic mass is 10.2. The van der Waals surface area contributed by atoms with E-state index in [1.807, 2.05) is 6.92 Å². The highest BCUT2D eigenvalue weighted by Gasteiger charge is 2.13. The zero-order valence-corrected chi connectivity index (χ0v) is 11.8. The molecule has 0 bridgehead atoms. The Kier molecular flexibility index (Phi) is 3.63. The van der Waals surface area contributed by atoms with Crippen molar-refractivity contribution in [3.05, 3.63) is 45.3 Å². The van der Waals surface area contributed by atoms with Gasteiger partial charge in [0.15, 0.2) is 10.4 Å². The third kappa shape index (κ3) is 2.68. The summed E-state index contributed by atoms with van der Waals surface area (Å²) in [6, 6.07) is 6.52. The number of nitrogen functional groups attached to an aromatic ring is 1. The van der Waals surface area contributed by atoms with Crippen molar-refractivity contribution in [2.24, 2.45) is 0 Å². The molecule has 3 N–H and O–H groups in total.